The summed E-state index contributed by atoms with van der Waals surface area (Å²) in [5, 5.41) is 0.995. The fourth-order valence-corrected chi connectivity index (χ4v) is 5.75. The molecular formula is C30H31NO3S. The van der Waals surface area contributed by atoms with E-state index in [0.717, 1.165) is 50.6 Å². The van der Waals surface area contributed by atoms with Crippen LogP contribution in [0.2, 0.25) is 0 Å². The minimum Gasteiger partial charge on any atom is -0.494 e. The number of ketones is 1. The molecule has 4 aromatic rings. The highest BCUT2D eigenvalue weighted by Gasteiger charge is 2.21. The van der Waals surface area contributed by atoms with Gasteiger partial charge in [0.1, 0.15) is 18.1 Å². The van der Waals surface area contributed by atoms with E-state index in [4.69, 9.17) is 9.47 Å². The van der Waals surface area contributed by atoms with Crippen LogP contribution in [0.1, 0.15) is 42.1 Å². The van der Waals surface area contributed by atoms with Crippen LogP contribution < -0.4 is 9.47 Å². The molecule has 0 saturated carbocycles. The maximum Gasteiger partial charge on any atom is 0.195 e. The fraction of sp³-hybridized carbons (Fsp3) is 0.300. The molecular weight excluding hydrogens is 454 g/mol. The summed E-state index contributed by atoms with van der Waals surface area (Å²) >= 11 is 1.66. The monoisotopic (exact) mass is 485 g/mol. The lowest BCUT2D eigenvalue weighted by Crippen LogP contribution is -2.25. The number of ether oxygens (including phenoxy) is 2. The van der Waals surface area contributed by atoms with E-state index in [9.17, 15) is 4.79 Å². The van der Waals surface area contributed by atoms with Crippen molar-refractivity contribution in [3.05, 3.63) is 83.9 Å². The molecule has 5 heteroatoms. The van der Waals surface area contributed by atoms with Gasteiger partial charge in [-0.2, -0.15) is 0 Å². The Morgan fingerprint density at radius 2 is 1.51 bits per heavy atom. The molecule has 0 amide bonds. The summed E-state index contributed by atoms with van der Waals surface area (Å²) in [5.41, 5.74) is 2.46. The molecule has 1 aromatic heterocycles. The third-order valence-electron chi connectivity index (χ3n) is 6.40. The minimum atomic E-state index is 0.0328. The van der Waals surface area contributed by atoms with Crippen LogP contribution in [0, 0.1) is 0 Å². The number of rotatable bonds is 10. The van der Waals surface area contributed by atoms with Gasteiger partial charge in [-0.3, -0.25) is 9.69 Å². The smallest absolute Gasteiger partial charge is 0.195 e. The maximum absolute atomic E-state index is 13.7. The lowest BCUT2D eigenvalue weighted by Gasteiger charge is -2.15. The number of thiophene rings is 1. The summed E-state index contributed by atoms with van der Waals surface area (Å²) in [6.07, 6.45) is 3.54. The topological polar surface area (TPSA) is 38.8 Å². The van der Waals surface area contributed by atoms with Crippen LogP contribution in [0.4, 0.5) is 0 Å². The van der Waals surface area contributed by atoms with Crippen LogP contribution in [-0.2, 0) is 0 Å². The molecule has 1 saturated heterocycles. The predicted octanol–water partition coefficient (Wildman–Crippen LogP) is 7.06. The number of fused-ring (bicyclic) bond motifs is 1. The van der Waals surface area contributed by atoms with E-state index in [0.29, 0.717) is 18.8 Å². The molecule has 0 N–H and O–H groups in total. The first-order chi connectivity index (χ1) is 17.2. The van der Waals surface area contributed by atoms with E-state index >= 15 is 0 Å². The quantitative estimate of drug-likeness (QED) is 0.225. The average molecular weight is 486 g/mol. The van der Waals surface area contributed by atoms with E-state index in [2.05, 4.69) is 30.0 Å². The lowest BCUT2D eigenvalue weighted by molar-refractivity contribution is 0.104. The van der Waals surface area contributed by atoms with Crippen molar-refractivity contribution >= 4 is 27.2 Å². The largest absolute Gasteiger partial charge is 0.494 e. The molecule has 2 heterocycles. The molecule has 1 fully saturated rings. The number of benzene rings is 3. The molecule has 1 aliphatic heterocycles. The molecule has 3 aromatic carbocycles. The standard InChI is InChI=1S/C30H31NO3S/c1-2-20-33-24-13-9-22(10-14-24)29(32)28-26-7-3-4-8-27(26)35-30(28)23-11-15-25(16-12-23)34-21-19-31-17-5-6-18-31/h3-4,7-16H,2,5-6,17-21H2,1H3. The summed E-state index contributed by atoms with van der Waals surface area (Å²) in [6.45, 7) is 6.78. The number of carbonyl (C=O) groups excluding carboxylic acids is 1. The Kier molecular flexibility index (Phi) is 7.45. The van der Waals surface area contributed by atoms with Crippen molar-refractivity contribution in [3.63, 3.8) is 0 Å². The Morgan fingerprint density at radius 1 is 0.857 bits per heavy atom. The molecule has 0 aliphatic carbocycles. The zero-order valence-corrected chi connectivity index (χ0v) is 21.0. The van der Waals surface area contributed by atoms with E-state index in [1.165, 1.54) is 25.9 Å². The second-order valence-corrected chi connectivity index (χ2v) is 9.98. The van der Waals surface area contributed by atoms with Gasteiger partial charge in [-0.15, -0.1) is 11.3 Å². The van der Waals surface area contributed by atoms with Gasteiger partial charge in [0.2, 0.25) is 0 Å². The Labute approximate surface area is 211 Å². The second kappa shape index (κ2) is 11.1. The molecule has 1 aliphatic rings. The molecule has 0 atom stereocenters. The minimum absolute atomic E-state index is 0.0328. The fourth-order valence-electron chi connectivity index (χ4n) is 4.54. The molecule has 0 unspecified atom stereocenters. The van der Waals surface area contributed by atoms with E-state index in [-0.39, 0.29) is 5.78 Å². The van der Waals surface area contributed by atoms with Crippen molar-refractivity contribution in [2.75, 3.05) is 32.8 Å². The summed E-state index contributed by atoms with van der Waals surface area (Å²) in [6, 6.07) is 23.8. The molecule has 0 bridgehead atoms. The van der Waals surface area contributed by atoms with Crippen LogP contribution in [-0.4, -0.2) is 43.5 Å². The van der Waals surface area contributed by atoms with E-state index in [1.54, 1.807) is 11.3 Å². The number of hydrogen-bond acceptors (Lipinski definition) is 5. The zero-order valence-electron chi connectivity index (χ0n) is 20.2. The Bertz CT molecular complexity index is 1270. The van der Waals surface area contributed by atoms with Crippen molar-refractivity contribution in [2.24, 2.45) is 0 Å². The predicted molar refractivity (Wildman–Crippen MR) is 144 cm³/mol. The van der Waals surface area contributed by atoms with Crippen molar-refractivity contribution < 1.29 is 14.3 Å². The Balaban J connectivity index is 1.39. The van der Waals surface area contributed by atoms with Crippen LogP contribution in [0.15, 0.2) is 72.8 Å². The highest BCUT2D eigenvalue weighted by molar-refractivity contribution is 7.22. The Hall–Kier alpha value is -3.15. The van der Waals surface area contributed by atoms with Gasteiger partial charge in [-0.1, -0.05) is 25.1 Å². The molecule has 4 nitrogen and oxygen atoms in total. The van der Waals surface area contributed by atoms with Gasteiger partial charge < -0.3 is 9.47 Å². The summed E-state index contributed by atoms with van der Waals surface area (Å²) in [7, 11) is 0. The lowest BCUT2D eigenvalue weighted by atomic mass is 9.97. The third-order valence-corrected chi connectivity index (χ3v) is 7.62. The van der Waals surface area contributed by atoms with Gasteiger partial charge in [0, 0.05) is 32.6 Å². The van der Waals surface area contributed by atoms with Crippen molar-refractivity contribution in [1.82, 2.24) is 4.90 Å². The second-order valence-electron chi connectivity index (χ2n) is 8.93. The number of hydrogen-bond donors (Lipinski definition) is 0. The maximum atomic E-state index is 13.7. The first-order valence-corrected chi connectivity index (χ1v) is 13.3. The van der Waals surface area contributed by atoms with Gasteiger partial charge in [0.05, 0.1) is 6.61 Å². The van der Waals surface area contributed by atoms with Gasteiger partial charge in [0.15, 0.2) is 5.78 Å². The van der Waals surface area contributed by atoms with Crippen molar-refractivity contribution in [2.45, 2.75) is 26.2 Å². The number of nitrogens with zero attached hydrogens (tertiary/aromatic N) is 1. The highest BCUT2D eigenvalue weighted by atomic mass is 32.1. The average Bonchev–Trinajstić information content (AvgIpc) is 3.56. The summed E-state index contributed by atoms with van der Waals surface area (Å²) in [5.74, 6) is 1.69. The number of likely N-dealkylation sites (tertiary alicyclic amines) is 1. The van der Waals surface area contributed by atoms with Crippen molar-refractivity contribution in [3.8, 4) is 21.9 Å². The SMILES string of the molecule is CCCOc1ccc(C(=O)c2c(-c3ccc(OCCN4CCCC4)cc3)sc3ccccc23)cc1. The van der Waals surface area contributed by atoms with Crippen LogP contribution in [0.25, 0.3) is 20.5 Å². The van der Waals surface area contributed by atoms with E-state index in [1.807, 2.05) is 54.6 Å². The molecule has 0 radical (unpaired) electrons. The third kappa shape index (κ3) is 5.42. The molecule has 35 heavy (non-hydrogen) atoms. The zero-order chi connectivity index (χ0) is 24.0. The molecule has 5 rings (SSSR count). The van der Waals surface area contributed by atoms with Crippen LogP contribution in [0.5, 0.6) is 11.5 Å². The van der Waals surface area contributed by atoms with Gasteiger partial charge in [0.25, 0.3) is 0 Å². The van der Waals surface area contributed by atoms with Crippen LogP contribution >= 0.6 is 11.3 Å². The van der Waals surface area contributed by atoms with Gasteiger partial charge >= 0.3 is 0 Å². The first kappa shape index (κ1) is 23.6. The Morgan fingerprint density at radius 3 is 2.23 bits per heavy atom. The van der Waals surface area contributed by atoms with Crippen LogP contribution in [0.3, 0.4) is 0 Å². The van der Waals surface area contributed by atoms with Gasteiger partial charge in [-0.25, -0.2) is 0 Å². The van der Waals surface area contributed by atoms with E-state index < -0.39 is 0 Å². The number of carbonyl (C=O) groups is 1. The summed E-state index contributed by atoms with van der Waals surface area (Å²) < 4.78 is 12.8. The molecule has 0 spiro atoms. The molecule has 180 valence electrons. The first-order valence-electron chi connectivity index (χ1n) is 12.5. The summed E-state index contributed by atoms with van der Waals surface area (Å²) in [4.78, 5) is 17.2. The normalized spacial score (nSPS) is 13.9. The van der Waals surface area contributed by atoms with Crippen molar-refractivity contribution in [1.29, 1.82) is 0 Å². The van der Waals surface area contributed by atoms with Gasteiger partial charge in [-0.05, 0) is 92.5 Å². The highest BCUT2D eigenvalue weighted by Crippen LogP contribution is 2.40.